The summed E-state index contributed by atoms with van der Waals surface area (Å²) < 4.78 is 9.93. The lowest BCUT2D eigenvalue weighted by molar-refractivity contribution is -0.115. The lowest BCUT2D eigenvalue weighted by atomic mass is 10.1. The summed E-state index contributed by atoms with van der Waals surface area (Å²) in [7, 11) is 2.97. The summed E-state index contributed by atoms with van der Waals surface area (Å²) in [4.78, 5) is 28.3. The first kappa shape index (κ1) is 19.6. The van der Waals surface area contributed by atoms with Gasteiger partial charge in [0, 0.05) is 10.9 Å². The summed E-state index contributed by atoms with van der Waals surface area (Å²) in [6.45, 7) is 1.94. The van der Waals surface area contributed by atoms with Crippen LogP contribution in [0.5, 0.6) is 5.75 Å². The van der Waals surface area contributed by atoms with E-state index in [1.54, 1.807) is 31.4 Å². The first-order valence-electron chi connectivity index (χ1n) is 8.58. The van der Waals surface area contributed by atoms with E-state index in [1.165, 1.54) is 18.4 Å². The zero-order valence-electron chi connectivity index (χ0n) is 15.8. The molecule has 0 saturated heterocycles. The average Bonchev–Trinajstić information content (AvgIpc) is 3.16. The summed E-state index contributed by atoms with van der Waals surface area (Å²) in [5.41, 5.74) is 3.96. The smallest absolute Gasteiger partial charge is 0.337 e. The van der Waals surface area contributed by atoms with Gasteiger partial charge < -0.3 is 14.8 Å². The van der Waals surface area contributed by atoms with Gasteiger partial charge in [-0.2, -0.15) is 0 Å². The third-order valence-corrected chi connectivity index (χ3v) is 4.93. The van der Waals surface area contributed by atoms with Crippen molar-refractivity contribution in [1.29, 1.82) is 0 Å². The fraction of sp³-hybridized carbons (Fsp3) is 0.190. The Balaban J connectivity index is 1.64. The van der Waals surface area contributed by atoms with Gasteiger partial charge in [-0.15, -0.1) is 11.3 Å². The molecule has 2 aromatic carbocycles. The van der Waals surface area contributed by atoms with Crippen LogP contribution >= 0.6 is 11.3 Å². The molecule has 0 spiro atoms. The molecule has 1 N–H and O–H groups in total. The number of ether oxygens (including phenoxy) is 2. The highest BCUT2D eigenvalue weighted by molar-refractivity contribution is 7.14. The number of amides is 1. The lowest BCUT2D eigenvalue weighted by Gasteiger charge is -2.07. The Morgan fingerprint density at radius 3 is 2.50 bits per heavy atom. The summed E-state index contributed by atoms with van der Waals surface area (Å²) in [6.07, 6.45) is 0.258. The van der Waals surface area contributed by atoms with Crippen molar-refractivity contribution in [2.24, 2.45) is 0 Å². The number of thiazole rings is 1. The van der Waals surface area contributed by atoms with E-state index in [4.69, 9.17) is 9.47 Å². The van der Waals surface area contributed by atoms with Gasteiger partial charge in [0.25, 0.3) is 0 Å². The molecule has 7 heteroatoms. The second kappa shape index (κ2) is 8.67. The molecular weight excluding hydrogens is 376 g/mol. The van der Waals surface area contributed by atoms with Crippen molar-refractivity contribution >= 4 is 28.3 Å². The van der Waals surface area contributed by atoms with Crippen LogP contribution in [0.1, 0.15) is 21.5 Å². The van der Waals surface area contributed by atoms with Crippen LogP contribution in [0.3, 0.4) is 0 Å². The average molecular weight is 396 g/mol. The first-order chi connectivity index (χ1) is 13.5. The van der Waals surface area contributed by atoms with Crippen LogP contribution in [0.25, 0.3) is 11.3 Å². The van der Waals surface area contributed by atoms with E-state index >= 15 is 0 Å². The first-order valence-corrected chi connectivity index (χ1v) is 9.45. The monoisotopic (exact) mass is 396 g/mol. The van der Waals surface area contributed by atoms with Crippen LogP contribution in [0, 0.1) is 6.92 Å². The van der Waals surface area contributed by atoms with Crippen LogP contribution in [-0.4, -0.2) is 31.1 Å². The van der Waals surface area contributed by atoms with E-state index in [0.29, 0.717) is 10.7 Å². The van der Waals surface area contributed by atoms with Crippen molar-refractivity contribution in [3.63, 3.8) is 0 Å². The predicted molar refractivity (Wildman–Crippen MR) is 109 cm³/mol. The summed E-state index contributed by atoms with van der Waals surface area (Å²) >= 11 is 1.35. The summed E-state index contributed by atoms with van der Waals surface area (Å²) in [5.74, 6) is 0.282. The Morgan fingerprint density at radius 1 is 1.11 bits per heavy atom. The van der Waals surface area contributed by atoms with E-state index in [0.717, 1.165) is 28.1 Å². The van der Waals surface area contributed by atoms with Gasteiger partial charge in [-0.25, -0.2) is 9.78 Å². The number of nitrogens with zero attached hydrogens (tertiary/aromatic N) is 1. The predicted octanol–water partition coefficient (Wildman–Crippen LogP) is 4.09. The van der Waals surface area contributed by atoms with Crippen molar-refractivity contribution in [2.75, 3.05) is 19.5 Å². The minimum absolute atomic E-state index is 0.133. The van der Waals surface area contributed by atoms with Gasteiger partial charge in [0.05, 0.1) is 31.9 Å². The Kier molecular flexibility index (Phi) is 6.06. The number of nitrogens with one attached hydrogen (secondary N) is 1. The molecule has 0 atom stereocenters. The normalized spacial score (nSPS) is 10.4. The molecule has 1 aromatic heterocycles. The molecule has 0 aliphatic rings. The van der Waals surface area contributed by atoms with Crippen LogP contribution in [0.15, 0.2) is 47.8 Å². The van der Waals surface area contributed by atoms with Crippen molar-refractivity contribution in [3.05, 3.63) is 64.5 Å². The Bertz CT molecular complexity index is 996. The zero-order valence-corrected chi connectivity index (χ0v) is 16.6. The van der Waals surface area contributed by atoms with Gasteiger partial charge in [-0.3, -0.25) is 4.79 Å². The highest BCUT2D eigenvalue weighted by Crippen LogP contribution is 2.25. The number of aromatic nitrogens is 1. The Hall–Kier alpha value is -3.19. The number of anilines is 1. The Labute approximate surface area is 167 Å². The quantitative estimate of drug-likeness (QED) is 0.635. The van der Waals surface area contributed by atoms with Crippen LogP contribution in [-0.2, 0) is 16.0 Å². The van der Waals surface area contributed by atoms with E-state index in [1.807, 2.05) is 30.5 Å². The van der Waals surface area contributed by atoms with E-state index in [9.17, 15) is 9.59 Å². The minimum Gasteiger partial charge on any atom is -0.496 e. The number of carbonyl (C=O) groups is 2. The van der Waals surface area contributed by atoms with Gasteiger partial charge in [0.15, 0.2) is 5.13 Å². The molecule has 0 aliphatic carbocycles. The van der Waals surface area contributed by atoms with Crippen LogP contribution in [0.2, 0.25) is 0 Å². The number of hydrogen-bond acceptors (Lipinski definition) is 6. The maximum Gasteiger partial charge on any atom is 0.337 e. The fourth-order valence-corrected chi connectivity index (χ4v) is 3.49. The molecule has 1 amide bonds. The number of methoxy groups -OCH3 is 2. The molecule has 0 saturated carbocycles. The molecule has 3 aromatic rings. The largest absolute Gasteiger partial charge is 0.496 e. The van der Waals surface area contributed by atoms with Gasteiger partial charge in [-0.1, -0.05) is 24.3 Å². The number of benzene rings is 2. The number of hydrogen-bond donors (Lipinski definition) is 1. The van der Waals surface area contributed by atoms with Gasteiger partial charge in [0.2, 0.25) is 5.91 Å². The molecule has 0 bridgehead atoms. The number of carbonyl (C=O) groups excluding carboxylic acids is 2. The summed E-state index contributed by atoms with van der Waals surface area (Å²) in [5, 5.41) is 5.22. The second-order valence-electron chi connectivity index (χ2n) is 6.14. The van der Waals surface area contributed by atoms with Gasteiger partial charge in [-0.05, 0) is 36.2 Å². The molecular formula is C21H20N2O4S. The molecule has 6 nitrogen and oxygen atoms in total. The molecule has 28 heavy (non-hydrogen) atoms. The molecule has 144 valence electrons. The van der Waals surface area contributed by atoms with Gasteiger partial charge >= 0.3 is 5.97 Å². The maximum atomic E-state index is 12.3. The molecule has 0 unspecified atom stereocenters. The zero-order chi connectivity index (χ0) is 20.1. The number of rotatable bonds is 6. The standard InChI is InChI=1S/C21H20N2O4S/c1-13-10-14(4-9-18(13)26-2)11-19(24)23-21-22-17(12-28-21)15-5-7-16(8-6-15)20(25)27-3/h4-10,12H,11H2,1-3H3,(H,22,23,24). The van der Waals surface area contributed by atoms with Crippen molar-refractivity contribution < 1.29 is 19.1 Å². The summed E-state index contributed by atoms with van der Waals surface area (Å²) in [6, 6.07) is 12.6. The van der Waals surface area contributed by atoms with Crippen LogP contribution in [0.4, 0.5) is 5.13 Å². The molecule has 0 radical (unpaired) electrons. The molecule has 0 aliphatic heterocycles. The fourth-order valence-electron chi connectivity index (χ4n) is 2.76. The highest BCUT2D eigenvalue weighted by atomic mass is 32.1. The molecule has 0 fully saturated rings. The van der Waals surface area contributed by atoms with E-state index in [-0.39, 0.29) is 18.3 Å². The van der Waals surface area contributed by atoms with E-state index in [2.05, 4.69) is 10.3 Å². The third kappa shape index (κ3) is 4.55. The maximum absolute atomic E-state index is 12.3. The lowest BCUT2D eigenvalue weighted by Crippen LogP contribution is -2.14. The Morgan fingerprint density at radius 2 is 1.86 bits per heavy atom. The van der Waals surface area contributed by atoms with Gasteiger partial charge in [0.1, 0.15) is 5.75 Å². The number of aryl methyl sites for hydroxylation is 1. The van der Waals surface area contributed by atoms with Crippen molar-refractivity contribution in [1.82, 2.24) is 4.98 Å². The van der Waals surface area contributed by atoms with Crippen molar-refractivity contribution in [3.8, 4) is 17.0 Å². The van der Waals surface area contributed by atoms with Crippen LogP contribution < -0.4 is 10.1 Å². The molecule has 3 rings (SSSR count). The highest BCUT2D eigenvalue weighted by Gasteiger charge is 2.11. The number of esters is 1. The third-order valence-electron chi connectivity index (χ3n) is 4.18. The van der Waals surface area contributed by atoms with E-state index < -0.39 is 0 Å². The topological polar surface area (TPSA) is 77.5 Å². The minimum atomic E-state index is -0.383. The second-order valence-corrected chi connectivity index (χ2v) is 6.99. The van der Waals surface area contributed by atoms with Crippen molar-refractivity contribution in [2.45, 2.75) is 13.3 Å². The SMILES string of the molecule is COC(=O)c1ccc(-c2csc(NC(=O)Cc3ccc(OC)c(C)c3)n2)cc1. The molecule has 1 heterocycles.